The molecule has 2 heterocycles. The van der Waals surface area contributed by atoms with Crippen molar-refractivity contribution in [2.24, 2.45) is 0 Å². The van der Waals surface area contributed by atoms with Gasteiger partial charge in [-0.1, -0.05) is 36.4 Å². The molecule has 2 aromatic heterocycles. The highest BCUT2D eigenvalue weighted by Gasteiger charge is 2.19. The first-order valence-electron chi connectivity index (χ1n) is 8.80. The zero-order valence-electron chi connectivity index (χ0n) is 15.8. The van der Waals surface area contributed by atoms with Gasteiger partial charge in [-0.05, 0) is 38.5 Å². The van der Waals surface area contributed by atoms with Crippen molar-refractivity contribution >= 4 is 23.1 Å². The Morgan fingerprint density at radius 2 is 1.70 bits per heavy atom. The number of nitrogens with two attached hydrogens (primary N) is 1. The Kier molecular flexibility index (Phi) is 5.52. The van der Waals surface area contributed by atoms with E-state index in [0.29, 0.717) is 23.9 Å². The van der Waals surface area contributed by atoms with Crippen molar-refractivity contribution < 1.29 is 0 Å². The maximum atomic E-state index is 6.41. The summed E-state index contributed by atoms with van der Waals surface area (Å²) >= 11 is 0. The second kappa shape index (κ2) is 8.01. The lowest BCUT2D eigenvalue weighted by Crippen LogP contribution is -2.40. The highest BCUT2D eigenvalue weighted by molar-refractivity contribution is 5.78. The second-order valence-corrected chi connectivity index (χ2v) is 7.22. The first kappa shape index (κ1) is 18.6. The van der Waals surface area contributed by atoms with Crippen molar-refractivity contribution in [1.29, 1.82) is 0 Å². The zero-order valence-corrected chi connectivity index (χ0v) is 15.8. The largest absolute Gasteiger partial charge is 0.393 e. The summed E-state index contributed by atoms with van der Waals surface area (Å²) in [5.41, 5.74) is 14.1. The maximum Gasteiger partial charge on any atom is 0.169 e. The van der Waals surface area contributed by atoms with E-state index in [9.17, 15) is 0 Å². The van der Waals surface area contributed by atoms with Crippen LogP contribution in [0, 0.1) is 0 Å². The lowest BCUT2D eigenvalue weighted by Gasteiger charge is -2.26. The Labute approximate surface area is 159 Å². The van der Waals surface area contributed by atoms with Crippen LogP contribution in [0.3, 0.4) is 0 Å². The van der Waals surface area contributed by atoms with E-state index in [1.54, 1.807) is 6.20 Å². The normalized spacial score (nSPS) is 11.2. The molecule has 7 nitrogen and oxygen atoms in total. The van der Waals surface area contributed by atoms with Gasteiger partial charge < -0.3 is 16.1 Å². The number of aromatic nitrogens is 3. The first-order chi connectivity index (χ1) is 12.9. The molecule has 0 saturated carbocycles. The number of rotatable bonds is 6. The lowest BCUT2D eigenvalue weighted by atomic mass is 10.1. The van der Waals surface area contributed by atoms with Crippen molar-refractivity contribution in [3.63, 3.8) is 0 Å². The summed E-state index contributed by atoms with van der Waals surface area (Å²) in [5, 5.41) is 0. The SMILES string of the molecule is CC(C)(C)NNc1ncnc(N(Cc2ccccc2)c2ccccn2)c1N. The minimum Gasteiger partial charge on any atom is -0.393 e. The van der Waals surface area contributed by atoms with Gasteiger partial charge in [-0.2, -0.15) is 0 Å². The van der Waals surface area contributed by atoms with Crippen LogP contribution in [0.2, 0.25) is 0 Å². The van der Waals surface area contributed by atoms with Crippen LogP contribution in [0.15, 0.2) is 61.1 Å². The highest BCUT2D eigenvalue weighted by atomic mass is 15.4. The molecule has 27 heavy (non-hydrogen) atoms. The van der Waals surface area contributed by atoms with Crippen molar-refractivity contribution in [3.8, 4) is 0 Å². The standard InChI is InChI=1S/C20H25N7/c1-20(2,3)26-25-18-17(21)19(24-14-23-18)27(16-11-7-8-12-22-16)13-15-9-5-4-6-10-15/h4-12,14,26H,13,21H2,1-3H3,(H,23,24,25). The number of nitrogen functional groups attached to an aromatic ring is 1. The summed E-state index contributed by atoms with van der Waals surface area (Å²) in [4.78, 5) is 15.2. The van der Waals surface area contributed by atoms with E-state index >= 15 is 0 Å². The molecule has 0 aliphatic carbocycles. The molecule has 0 unspecified atom stereocenters. The Morgan fingerprint density at radius 3 is 2.37 bits per heavy atom. The van der Waals surface area contributed by atoms with Crippen LogP contribution in [0.25, 0.3) is 0 Å². The van der Waals surface area contributed by atoms with Crippen LogP contribution in [0.1, 0.15) is 26.3 Å². The predicted molar refractivity (Wildman–Crippen MR) is 109 cm³/mol. The Balaban J connectivity index is 1.97. The van der Waals surface area contributed by atoms with Gasteiger partial charge in [0.1, 0.15) is 17.8 Å². The predicted octanol–water partition coefficient (Wildman–Crippen LogP) is 3.51. The van der Waals surface area contributed by atoms with Crippen LogP contribution in [0.4, 0.5) is 23.1 Å². The lowest BCUT2D eigenvalue weighted by molar-refractivity contribution is 0.464. The fraction of sp³-hybridized carbons (Fsp3) is 0.250. The molecule has 1 aromatic carbocycles. The van der Waals surface area contributed by atoms with Crippen molar-refractivity contribution in [1.82, 2.24) is 20.4 Å². The van der Waals surface area contributed by atoms with Crippen LogP contribution in [0.5, 0.6) is 0 Å². The molecule has 3 aromatic rings. The molecule has 3 rings (SSSR count). The molecule has 0 fully saturated rings. The second-order valence-electron chi connectivity index (χ2n) is 7.22. The first-order valence-corrected chi connectivity index (χ1v) is 8.80. The summed E-state index contributed by atoms with van der Waals surface area (Å²) in [6, 6.07) is 15.9. The van der Waals surface area contributed by atoms with Gasteiger partial charge in [0, 0.05) is 11.7 Å². The molecular formula is C20H25N7. The van der Waals surface area contributed by atoms with Crippen molar-refractivity contribution in [3.05, 3.63) is 66.6 Å². The monoisotopic (exact) mass is 363 g/mol. The third-order valence-electron chi connectivity index (χ3n) is 3.78. The topological polar surface area (TPSA) is 92.0 Å². The molecule has 0 aliphatic heterocycles. The van der Waals surface area contributed by atoms with Crippen LogP contribution in [-0.4, -0.2) is 20.5 Å². The Hall–Kier alpha value is -3.19. The summed E-state index contributed by atoms with van der Waals surface area (Å²) in [6.07, 6.45) is 3.25. The van der Waals surface area contributed by atoms with Gasteiger partial charge in [0.15, 0.2) is 11.6 Å². The molecule has 0 radical (unpaired) electrons. The van der Waals surface area contributed by atoms with E-state index in [1.165, 1.54) is 6.33 Å². The average molecular weight is 363 g/mol. The molecule has 0 bridgehead atoms. The number of nitrogens with one attached hydrogen (secondary N) is 2. The van der Waals surface area contributed by atoms with Crippen LogP contribution >= 0.6 is 0 Å². The van der Waals surface area contributed by atoms with Gasteiger partial charge in [0.25, 0.3) is 0 Å². The van der Waals surface area contributed by atoms with Gasteiger partial charge in [0.05, 0.1) is 6.54 Å². The third kappa shape index (κ3) is 4.92. The van der Waals surface area contributed by atoms with Gasteiger partial charge in [-0.3, -0.25) is 0 Å². The van der Waals surface area contributed by atoms with E-state index in [2.05, 4.69) is 37.9 Å². The number of anilines is 4. The van der Waals surface area contributed by atoms with Crippen molar-refractivity contribution in [2.45, 2.75) is 32.9 Å². The fourth-order valence-corrected chi connectivity index (χ4v) is 2.49. The molecule has 0 saturated heterocycles. The summed E-state index contributed by atoms with van der Waals surface area (Å²) in [7, 11) is 0. The van der Waals surface area contributed by atoms with E-state index < -0.39 is 0 Å². The van der Waals surface area contributed by atoms with Gasteiger partial charge in [-0.25, -0.2) is 20.4 Å². The molecular weight excluding hydrogens is 338 g/mol. The quantitative estimate of drug-likeness (QED) is 0.577. The smallest absolute Gasteiger partial charge is 0.169 e. The Morgan fingerprint density at radius 1 is 0.963 bits per heavy atom. The van der Waals surface area contributed by atoms with E-state index in [0.717, 1.165) is 11.4 Å². The van der Waals surface area contributed by atoms with Crippen molar-refractivity contribution in [2.75, 3.05) is 16.1 Å². The summed E-state index contributed by atoms with van der Waals surface area (Å²) < 4.78 is 0. The fourth-order valence-electron chi connectivity index (χ4n) is 2.49. The van der Waals surface area contributed by atoms with Gasteiger partial charge in [-0.15, -0.1) is 0 Å². The molecule has 0 aliphatic rings. The maximum absolute atomic E-state index is 6.41. The number of benzene rings is 1. The minimum atomic E-state index is -0.137. The molecule has 0 spiro atoms. The number of pyridine rings is 1. The van der Waals surface area contributed by atoms with E-state index in [4.69, 9.17) is 5.73 Å². The minimum absolute atomic E-state index is 0.137. The number of hydrogen-bond donors (Lipinski definition) is 3. The van der Waals surface area contributed by atoms with Gasteiger partial charge in [0.2, 0.25) is 0 Å². The van der Waals surface area contributed by atoms with E-state index in [-0.39, 0.29) is 5.54 Å². The number of hydrogen-bond acceptors (Lipinski definition) is 7. The zero-order chi connectivity index (χ0) is 19.3. The summed E-state index contributed by atoms with van der Waals surface area (Å²) in [6.45, 7) is 6.74. The molecule has 4 N–H and O–H groups in total. The molecule has 0 atom stereocenters. The van der Waals surface area contributed by atoms with Gasteiger partial charge >= 0.3 is 0 Å². The highest BCUT2D eigenvalue weighted by Crippen LogP contribution is 2.32. The average Bonchev–Trinajstić information content (AvgIpc) is 2.66. The molecule has 0 amide bonds. The molecule has 140 valence electrons. The number of hydrazine groups is 1. The summed E-state index contributed by atoms with van der Waals surface area (Å²) in [5.74, 6) is 1.90. The van der Waals surface area contributed by atoms with Crippen LogP contribution < -0.4 is 21.5 Å². The van der Waals surface area contributed by atoms with E-state index in [1.807, 2.05) is 62.1 Å². The van der Waals surface area contributed by atoms with Crippen LogP contribution in [-0.2, 0) is 6.54 Å². The third-order valence-corrected chi connectivity index (χ3v) is 3.78. The number of nitrogens with zero attached hydrogens (tertiary/aromatic N) is 4. The Bertz CT molecular complexity index is 861. The molecule has 7 heteroatoms.